The maximum Gasteiger partial charge on any atom is 0.262 e. The number of aromatic nitrogens is 1. The van der Waals surface area contributed by atoms with Gasteiger partial charge in [0.25, 0.3) is 15.9 Å². The summed E-state index contributed by atoms with van der Waals surface area (Å²) in [7, 11) is -2.37. The van der Waals surface area contributed by atoms with Gasteiger partial charge in [-0.05, 0) is 68.8 Å². The van der Waals surface area contributed by atoms with Gasteiger partial charge in [0.15, 0.2) is 0 Å². The summed E-state index contributed by atoms with van der Waals surface area (Å²) in [6.45, 7) is 5.65. The molecule has 0 fully saturated rings. The molecule has 0 aliphatic heterocycles. The van der Waals surface area contributed by atoms with E-state index in [9.17, 15) is 13.2 Å². The molecule has 1 amide bonds. The number of amides is 1. The molecule has 0 atom stereocenters. The molecule has 2 aromatic carbocycles. The molecule has 0 aliphatic rings. The maximum atomic E-state index is 13.0. The molecule has 0 unspecified atom stereocenters. The Bertz CT molecular complexity index is 1230. The van der Waals surface area contributed by atoms with Gasteiger partial charge in [-0.25, -0.2) is 13.4 Å². The highest BCUT2D eigenvalue weighted by molar-refractivity contribution is 7.92. The molecule has 0 bridgehead atoms. The molecule has 2 N–H and O–H groups in total. The molecule has 3 aromatic rings. The number of ether oxygens (including phenoxy) is 2. The number of carbonyl (C=O) groups is 1. The lowest BCUT2D eigenvalue weighted by Gasteiger charge is -2.14. The fourth-order valence-corrected chi connectivity index (χ4v) is 4.40. The van der Waals surface area contributed by atoms with Gasteiger partial charge in [-0.1, -0.05) is 12.1 Å². The van der Waals surface area contributed by atoms with Crippen molar-refractivity contribution in [3.05, 3.63) is 77.5 Å². The Morgan fingerprint density at radius 2 is 1.82 bits per heavy atom. The van der Waals surface area contributed by atoms with Crippen molar-refractivity contribution >= 4 is 21.6 Å². The van der Waals surface area contributed by atoms with Gasteiger partial charge in [-0.2, -0.15) is 0 Å². The molecule has 33 heavy (non-hydrogen) atoms. The third kappa shape index (κ3) is 6.23. The predicted molar refractivity (Wildman–Crippen MR) is 126 cm³/mol. The van der Waals surface area contributed by atoms with Gasteiger partial charge in [0.1, 0.15) is 5.75 Å². The monoisotopic (exact) mass is 469 g/mol. The minimum atomic E-state index is -3.91. The number of methoxy groups -OCH3 is 1. The first-order valence-electron chi connectivity index (χ1n) is 10.4. The van der Waals surface area contributed by atoms with Crippen LogP contribution in [0.2, 0.25) is 0 Å². The summed E-state index contributed by atoms with van der Waals surface area (Å²) in [6.07, 6.45) is 1.56. The van der Waals surface area contributed by atoms with Crippen LogP contribution in [0.3, 0.4) is 0 Å². The molecular formula is C24H27N3O5S. The number of sulfonamides is 1. The number of pyridine rings is 1. The van der Waals surface area contributed by atoms with Crippen molar-refractivity contribution in [1.82, 2.24) is 10.3 Å². The summed E-state index contributed by atoms with van der Waals surface area (Å²) >= 11 is 0. The molecule has 3 rings (SSSR count). The van der Waals surface area contributed by atoms with Crippen LogP contribution in [0, 0.1) is 6.92 Å². The zero-order valence-corrected chi connectivity index (χ0v) is 19.8. The molecule has 0 aliphatic carbocycles. The number of aryl methyl sites for hydroxylation is 1. The number of nitrogens with one attached hydrogen (secondary N) is 2. The lowest BCUT2D eigenvalue weighted by atomic mass is 10.1. The van der Waals surface area contributed by atoms with Crippen LogP contribution in [-0.2, 0) is 16.6 Å². The van der Waals surface area contributed by atoms with E-state index in [0.717, 1.165) is 5.56 Å². The van der Waals surface area contributed by atoms with Gasteiger partial charge in [-0.15, -0.1) is 0 Å². The molecular weight excluding hydrogens is 442 g/mol. The van der Waals surface area contributed by atoms with Crippen molar-refractivity contribution in [2.75, 3.05) is 11.8 Å². The molecule has 9 heteroatoms. The first-order chi connectivity index (χ1) is 15.7. The second-order valence-electron chi connectivity index (χ2n) is 7.63. The van der Waals surface area contributed by atoms with E-state index in [1.807, 2.05) is 19.9 Å². The standard InChI is InChI=1S/C24H27N3O5S/c1-16(2)32-24-19(6-5-13-25-24)15-26-23(28)18-8-7-17(3)22(14-18)33(29,30)27-20-9-11-21(31-4)12-10-20/h5-14,16,27H,15H2,1-4H3,(H,26,28). The van der Waals surface area contributed by atoms with Crippen molar-refractivity contribution in [3.8, 4) is 11.6 Å². The van der Waals surface area contributed by atoms with Gasteiger partial charge >= 0.3 is 0 Å². The van der Waals surface area contributed by atoms with Crippen molar-refractivity contribution in [2.24, 2.45) is 0 Å². The zero-order valence-electron chi connectivity index (χ0n) is 19.0. The average Bonchev–Trinajstić information content (AvgIpc) is 2.78. The minimum Gasteiger partial charge on any atom is -0.497 e. The number of rotatable bonds is 9. The molecule has 8 nitrogen and oxygen atoms in total. The van der Waals surface area contributed by atoms with Gasteiger partial charge < -0.3 is 14.8 Å². The van der Waals surface area contributed by atoms with Crippen LogP contribution in [0.15, 0.2) is 65.7 Å². The molecule has 0 spiro atoms. The van der Waals surface area contributed by atoms with Gasteiger partial charge in [0.05, 0.1) is 18.1 Å². The topological polar surface area (TPSA) is 107 Å². The van der Waals surface area contributed by atoms with Crippen molar-refractivity contribution < 1.29 is 22.7 Å². The summed E-state index contributed by atoms with van der Waals surface area (Å²) in [5.41, 5.74) is 1.86. The molecule has 1 heterocycles. The Balaban J connectivity index is 1.77. The Labute approximate surface area is 194 Å². The van der Waals surface area contributed by atoms with Gasteiger partial charge in [0.2, 0.25) is 5.88 Å². The largest absolute Gasteiger partial charge is 0.497 e. The Kier molecular flexibility index (Phi) is 7.55. The molecule has 0 saturated heterocycles. The molecule has 1 aromatic heterocycles. The van der Waals surface area contributed by atoms with Crippen molar-refractivity contribution in [2.45, 2.75) is 38.3 Å². The number of nitrogens with zero attached hydrogens (tertiary/aromatic N) is 1. The summed E-state index contributed by atoms with van der Waals surface area (Å²) in [6, 6.07) is 14.7. The second-order valence-corrected chi connectivity index (χ2v) is 9.28. The van der Waals surface area contributed by atoms with Crippen molar-refractivity contribution in [1.29, 1.82) is 0 Å². The van der Waals surface area contributed by atoms with Crippen LogP contribution in [0.25, 0.3) is 0 Å². The van der Waals surface area contributed by atoms with Crippen LogP contribution in [0.4, 0.5) is 5.69 Å². The van der Waals surface area contributed by atoms with Crippen LogP contribution >= 0.6 is 0 Å². The van der Waals surface area contributed by atoms with E-state index in [1.54, 1.807) is 55.6 Å². The minimum absolute atomic E-state index is 0.0242. The first kappa shape index (κ1) is 24.1. The summed E-state index contributed by atoms with van der Waals surface area (Å²) in [4.78, 5) is 17.0. The lowest BCUT2D eigenvalue weighted by Crippen LogP contribution is -2.24. The lowest BCUT2D eigenvalue weighted by molar-refractivity contribution is 0.0950. The maximum absolute atomic E-state index is 13.0. The van der Waals surface area contributed by atoms with E-state index < -0.39 is 15.9 Å². The van der Waals surface area contributed by atoms with Crippen LogP contribution in [0.1, 0.15) is 35.3 Å². The molecule has 0 radical (unpaired) electrons. The van der Waals surface area contributed by atoms with E-state index in [2.05, 4.69) is 15.0 Å². The normalized spacial score (nSPS) is 11.2. The highest BCUT2D eigenvalue weighted by Gasteiger charge is 2.20. The smallest absolute Gasteiger partial charge is 0.262 e. The Hall–Kier alpha value is -3.59. The van der Waals surface area contributed by atoms with Crippen LogP contribution < -0.4 is 19.5 Å². The van der Waals surface area contributed by atoms with Gasteiger partial charge in [0, 0.05) is 29.6 Å². The summed E-state index contributed by atoms with van der Waals surface area (Å²) in [5, 5.41) is 2.80. The third-order valence-corrected chi connectivity index (χ3v) is 6.24. The molecule has 0 saturated carbocycles. The predicted octanol–water partition coefficient (Wildman–Crippen LogP) is 3.92. The van der Waals surface area contributed by atoms with E-state index in [1.165, 1.54) is 13.2 Å². The molecule has 174 valence electrons. The van der Waals surface area contributed by atoms with Crippen LogP contribution in [0.5, 0.6) is 11.6 Å². The number of carbonyl (C=O) groups excluding carboxylic acids is 1. The fourth-order valence-electron chi connectivity index (χ4n) is 3.07. The van der Waals surface area contributed by atoms with E-state index in [-0.39, 0.29) is 23.1 Å². The summed E-state index contributed by atoms with van der Waals surface area (Å²) in [5.74, 6) is 0.655. The number of hydrogen-bond acceptors (Lipinski definition) is 6. The average molecular weight is 470 g/mol. The highest BCUT2D eigenvalue weighted by Crippen LogP contribution is 2.23. The zero-order chi connectivity index (χ0) is 24.0. The van der Waals surface area contributed by atoms with E-state index in [0.29, 0.717) is 22.9 Å². The third-order valence-electron chi connectivity index (χ3n) is 4.72. The number of anilines is 1. The van der Waals surface area contributed by atoms with Gasteiger partial charge in [-0.3, -0.25) is 9.52 Å². The summed E-state index contributed by atoms with van der Waals surface area (Å²) < 4.78 is 39.3. The second kappa shape index (κ2) is 10.4. The fraction of sp³-hybridized carbons (Fsp3) is 0.250. The Morgan fingerprint density at radius 3 is 2.48 bits per heavy atom. The quantitative estimate of drug-likeness (QED) is 0.492. The Morgan fingerprint density at radius 1 is 1.09 bits per heavy atom. The SMILES string of the molecule is COc1ccc(NS(=O)(=O)c2cc(C(=O)NCc3cccnc3OC(C)C)ccc2C)cc1. The number of hydrogen-bond donors (Lipinski definition) is 2. The number of benzene rings is 2. The van der Waals surface area contributed by atoms with Crippen molar-refractivity contribution in [3.63, 3.8) is 0 Å². The highest BCUT2D eigenvalue weighted by atomic mass is 32.2. The van der Waals surface area contributed by atoms with E-state index in [4.69, 9.17) is 9.47 Å². The first-order valence-corrected chi connectivity index (χ1v) is 11.8. The van der Waals surface area contributed by atoms with Crippen LogP contribution in [-0.4, -0.2) is 32.5 Å². The van der Waals surface area contributed by atoms with E-state index >= 15 is 0 Å².